The highest BCUT2D eigenvalue weighted by Crippen LogP contribution is 2.20. The Morgan fingerprint density at radius 2 is 1.91 bits per heavy atom. The zero-order valence-corrected chi connectivity index (χ0v) is 13.4. The summed E-state index contributed by atoms with van der Waals surface area (Å²) in [5.41, 5.74) is 0.113. The minimum atomic E-state index is -1.13. The van der Waals surface area contributed by atoms with E-state index < -0.39 is 11.9 Å². The molecule has 0 saturated carbocycles. The van der Waals surface area contributed by atoms with Crippen molar-refractivity contribution in [3.05, 3.63) is 47.5 Å². The Morgan fingerprint density at radius 1 is 1.26 bits per heavy atom. The first kappa shape index (κ1) is 16.7. The zero-order valence-electron chi connectivity index (χ0n) is 13.4. The van der Waals surface area contributed by atoms with E-state index in [9.17, 15) is 14.7 Å². The van der Waals surface area contributed by atoms with Gasteiger partial charge in [0, 0.05) is 7.05 Å². The molecule has 2 rings (SSSR count). The number of carboxylic acid groups (broad SMARTS) is 1. The van der Waals surface area contributed by atoms with Crippen LogP contribution in [0.25, 0.3) is 0 Å². The van der Waals surface area contributed by atoms with Crippen molar-refractivity contribution in [2.45, 2.75) is 26.3 Å². The lowest BCUT2D eigenvalue weighted by Gasteiger charge is -2.20. The Bertz CT molecular complexity index is 709. The molecule has 0 unspecified atom stereocenters. The van der Waals surface area contributed by atoms with Gasteiger partial charge < -0.3 is 10.4 Å². The fourth-order valence-corrected chi connectivity index (χ4v) is 2.42. The largest absolute Gasteiger partial charge is 0.478 e. The van der Waals surface area contributed by atoms with Crippen LogP contribution in [0.5, 0.6) is 0 Å². The Hall–Kier alpha value is -2.70. The molecule has 0 aliphatic rings. The van der Waals surface area contributed by atoms with Gasteiger partial charge >= 0.3 is 5.97 Å². The molecule has 1 aromatic carbocycles. The first-order valence-electron chi connectivity index (χ1n) is 7.37. The molecule has 1 amide bonds. The number of aromatic nitrogens is 3. The summed E-state index contributed by atoms with van der Waals surface area (Å²) < 4.78 is 1.61. The Morgan fingerprint density at radius 3 is 2.43 bits per heavy atom. The Balaban J connectivity index is 2.28. The molecular formula is C16H20N4O3. The van der Waals surface area contributed by atoms with Gasteiger partial charge in [0.1, 0.15) is 12.2 Å². The molecule has 1 heterocycles. The van der Waals surface area contributed by atoms with E-state index in [1.807, 2.05) is 13.8 Å². The second kappa shape index (κ2) is 7.04. The second-order valence-corrected chi connectivity index (χ2v) is 5.75. The number of benzene rings is 1. The van der Waals surface area contributed by atoms with Crippen LogP contribution in [0.3, 0.4) is 0 Å². The molecule has 0 spiro atoms. The van der Waals surface area contributed by atoms with Crippen LogP contribution >= 0.6 is 0 Å². The van der Waals surface area contributed by atoms with E-state index in [2.05, 4.69) is 15.4 Å². The lowest BCUT2D eigenvalue weighted by Crippen LogP contribution is -2.32. The number of rotatable bonds is 6. The number of aromatic carboxylic acids is 1. The molecule has 0 aliphatic heterocycles. The molecule has 0 aliphatic carbocycles. The van der Waals surface area contributed by atoms with Crippen molar-refractivity contribution in [1.82, 2.24) is 20.1 Å². The number of aryl methyl sites for hydroxylation is 1. The Kier molecular flexibility index (Phi) is 5.10. The van der Waals surface area contributed by atoms with Gasteiger partial charge in [0.15, 0.2) is 0 Å². The zero-order chi connectivity index (χ0) is 17.0. The van der Waals surface area contributed by atoms with Crippen molar-refractivity contribution in [3.63, 3.8) is 0 Å². The van der Waals surface area contributed by atoms with Crippen molar-refractivity contribution in [1.29, 1.82) is 0 Å². The highest BCUT2D eigenvalue weighted by Gasteiger charge is 2.23. The maximum absolute atomic E-state index is 12.5. The fourth-order valence-electron chi connectivity index (χ4n) is 2.42. The minimum absolute atomic E-state index is 0.0220. The van der Waals surface area contributed by atoms with E-state index in [4.69, 9.17) is 0 Å². The van der Waals surface area contributed by atoms with Crippen molar-refractivity contribution >= 4 is 11.9 Å². The number of nitrogens with one attached hydrogen (secondary N) is 1. The molecule has 2 N–H and O–H groups in total. The number of hydrogen-bond acceptors (Lipinski definition) is 4. The molecule has 1 aromatic heterocycles. The quantitative estimate of drug-likeness (QED) is 0.850. The first-order chi connectivity index (χ1) is 10.9. The number of carbonyl (C=O) groups excluding carboxylic acids is 1. The maximum Gasteiger partial charge on any atom is 0.336 e. The third-order valence-electron chi connectivity index (χ3n) is 3.47. The van der Waals surface area contributed by atoms with Crippen LogP contribution in [0.1, 0.15) is 52.9 Å². The topological polar surface area (TPSA) is 97.1 Å². The third kappa shape index (κ3) is 3.94. The predicted octanol–water partition coefficient (Wildman–Crippen LogP) is 2.03. The summed E-state index contributed by atoms with van der Waals surface area (Å²) in [4.78, 5) is 28.0. The van der Waals surface area contributed by atoms with E-state index in [0.29, 0.717) is 18.2 Å². The number of carbonyl (C=O) groups is 2. The van der Waals surface area contributed by atoms with Gasteiger partial charge in [-0.15, -0.1) is 0 Å². The first-order valence-corrected chi connectivity index (χ1v) is 7.37. The lowest BCUT2D eigenvalue weighted by atomic mass is 10.0. The van der Waals surface area contributed by atoms with E-state index >= 15 is 0 Å². The highest BCUT2D eigenvalue weighted by molar-refractivity contribution is 6.04. The molecule has 0 fully saturated rings. The van der Waals surface area contributed by atoms with E-state index in [0.717, 1.165) is 0 Å². The fraction of sp³-hybridized carbons (Fsp3) is 0.375. The van der Waals surface area contributed by atoms with Gasteiger partial charge in [0.05, 0.1) is 17.2 Å². The molecule has 0 radical (unpaired) electrons. The van der Waals surface area contributed by atoms with Crippen LogP contribution in [0.4, 0.5) is 0 Å². The number of amides is 1. The number of carboxylic acids is 1. The van der Waals surface area contributed by atoms with Crippen LogP contribution in [0, 0.1) is 5.92 Å². The van der Waals surface area contributed by atoms with Crippen LogP contribution in [-0.2, 0) is 7.05 Å². The minimum Gasteiger partial charge on any atom is -0.478 e. The van der Waals surface area contributed by atoms with Crippen molar-refractivity contribution in [2.24, 2.45) is 13.0 Å². The summed E-state index contributed by atoms with van der Waals surface area (Å²) >= 11 is 0. The molecule has 1 atom stereocenters. The number of nitrogens with zero attached hydrogens (tertiary/aromatic N) is 3. The van der Waals surface area contributed by atoms with Gasteiger partial charge in [-0.25, -0.2) is 9.78 Å². The second-order valence-electron chi connectivity index (χ2n) is 5.75. The Labute approximate surface area is 134 Å². The smallest absolute Gasteiger partial charge is 0.336 e. The van der Waals surface area contributed by atoms with E-state index in [-0.39, 0.29) is 17.2 Å². The van der Waals surface area contributed by atoms with Gasteiger partial charge in [0.2, 0.25) is 0 Å². The SMILES string of the molecule is CC(C)C[C@H](NC(=O)c1ccccc1C(=O)O)c1ncnn1C. The van der Waals surface area contributed by atoms with Crippen molar-refractivity contribution < 1.29 is 14.7 Å². The summed E-state index contributed by atoms with van der Waals surface area (Å²) in [5.74, 6) is -0.599. The average Bonchev–Trinajstić information content (AvgIpc) is 2.92. The standard InChI is InChI=1S/C16H20N4O3/c1-10(2)8-13(14-17-9-18-20(14)3)19-15(21)11-6-4-5-7-12(11)16(22)23/h4-7,9-10,13H,8H2,1-3H3,(H,19,21)(H,22,23)/t13-/m0/s1. The van der Waals surface area contributed by atoms with Gasteiger partial charge in [-0.05, 0) is 24.5 Å². The van der Waals surface area contributed by atoms with Crippen LogP contribution in [0.2, 0.25) is 0 Å². The molecule has 2 aromatic rings. The lowest BCUT2D eigenvalue weighted by molar-refractivity contribution is 0.0690. The normalized spacial score (nSPS) is 12.2. The molecule has 0 saturated heterocycles. The summed E-state index contributed by atoms with van der Waals surface area (Å²) in [6, 6.07) is 5.81. The summed E-state index contributed by atoms with van der Waals surface area (Å²) in [5, 5.41) is 16.1. The number of hydrogen-bond donors (Lipinski definition) is 2. The summed E-state index contributed by atoms with van der Waals surface area (Å²) in [6.07, 6.45) is 2.10. The van der Waals surface area contributed by atoms with Crippen LogP contribution < -0.4 is 5.32 Å². The van der Waals surface area contributed by atoms with Gasteiger partial charge in [-0.2, -0.15) is 5.10 Å². The molecule has 23 heavy (non-hydrogen) atoms. The van der Waals surface area contributed by atoms with E-state index in [1.54, 1.807) is 23.9 Å². The highest BCUT2D eigenvalue weighted by atomic mass is 16.4. The summed E-state index contributed by atoms with van der Waals surface area (Å²) in [6.45, 7) is 4.08. The molecular weight excluding hydrogens is 296 g/mol. The molecule has 7 heteroatoms. The maximum atomic E-state index is 12.5. The average molecular weight is 316 g/mol. The van der Waals surface area contributed by atoms with E-state index in [1.165, 1.54) is 18.5 Å². The van der Waals surface area contributed by atoms with Gasteiger partial charge in [0.25, 0.3) is 5.91 Å². The molecule has 0 bridgehead atoms. The van der Waals surface area contributed by atoms with Crippen LogP contribution in [0.15, 0.2) is 30.6 Å². The van der Waals surface area contributed by atoms with Crippen molar-refractivity contribution in [3.8, 4) is 0 Å². The molecule has 7 nitrogen and oxygen atoms in total. The monoisotopic (exact) mass is 316 g/mol. The molecule has 122 valence electrons. The van der Waals surface area contributed by atoms with Crippen LogP contribution in [-0.4, -0.2) is 31.7 Å². The van der Waals surface area contributed by atoms with Gasteiger partial charge in [-0.1, -0.05) is 26.0 Å². The third-order valence-corrected chi connectivity index (χ3v) is 3.47. The predicted molar refractivity (Wildman–Crippen MR) is 84.1 cm³/mol. The van der Waals surface area contributed by atoms with Crippen molar-refractivity contribution in [2.75, 3.05) is 0 Å². The summed E-state index contributed by atoms with van der Waals surface area (Å²) in [7, 11) is 1.76. The van der Waals surface area contributed by atoms with Gasteiger partial charge in [-0.3, -0.25) is 9.48 Å².